The number of rotatable bonds is 1. The number of hydrogen-bond donors (Lipinski definition) is 2. The molecular formula is C6H10FNO2. The van der Waals surface area contributed by atoms with E-state index in [1.807, 2.05) is 0 Å². The van der Waals surface area contributed by atoms with Gasteiger partial charge >= 0.3 is 5.97 Å². The molecule has 0 aromatic carbocycles. The van der Waals surface area contributed by atoms with E-state index in [2.05, 4.69) is 0 Å². The largest absolute Gasteiger partial charge is 0.480 e. The van der Waals surface area contributed by atoms with Crippen molar-refractivity contribution in [3.63, 3.8) is 0 Å². The van der Waals surface area contributed by atoms with Gasteiger partial charge in [0.15, 0.2) is 0 Å². The second-order valence-electron chi connectivity index (χ2n) is 2.71. The molecule has 0 aromatic rings. The molecule has 1 fully saturated rings. The van der Waals surface area contributed by atoms with Crippen molar-refractivity contribution in [3.05, 3.63) is 0 Å². The van der Waals surface area contributed by atoms with Gasteiger partial charge in [-0.1, -0.05) is 0 Å². The summed E-state index contributed by atoms with van der Waals surface area (Å²) in [6.07, 6.45) is -0.263. The molecule has 0 saturated heterocycles. The first-order valence-corrected chi connectivity index (χ1v) is 3.24. The molecule has 1 aliphatic carbocycles. The third-order valence-electron chi connectivity index (χ3n) is 2.01. The summed E-state index contributed by atoms with van der Waals surface area (Å²) in [5.74, 6) is -1.22. The average Bonchev–Trinajstić information content (AvgIpc) is 2.15. The zero-order chi connectivity index (χ0) is 7.78. The Morgan fingerprint density at radius 2 is 2.40 bits per heavy atom. The first kappa shape index (κ1) is 7.47. The highest BCUT2D eigenvalue weighted by molar-refractivity contribution is 5.79. The van der Waals surface area contributed by atoms with Crippen LogP contribution in [0.25, 0.3) is 0 Å². The van der Waals surface area contributed by atoms with E-state index in [4.69, 9.17) is 10.8 Å². The smallest absolute Gasteiger partial charge is 0.326 e. The number of carbonyl (C=O) groups is 1. The molecule has 0 aromatic heterocycles. The third kappa shape index (κ3) is 0.883. The van der Waals surface area contributed by atoms with E-state index in [0.29, 0.717) is 6.42 Å². The van der Waals surface area contributed by atoms with Gasteiger partial charge in [-0.2, -0.15) is 0 Å². The lowest BCUT2D eigenvalue weighted by Gasteiger charge is -2.19. The summed E-state index contributed by atoms with van der Waals surface area (Å²) in [4.78, 5) is 10.4. The molecule has 10 heavy (non-hydrogen) atoms. The van der Waals surface area contributed by atoms with E-state index in [-0.39, 0.29) is 12.8 Å². The molecule has 1 aliphatic rings. The van der Waals surface area contributed by atoms with Crippen molar-refractivity contribution in [2.24, 2.45) is 5.73 Å². The molecule has 0 unspecified atom stereocenters. The highest BCUT2D eigenvalue weighted by atomic mass is 19.1. The second-order valence-corrected chi connectivity index (χ2v) is 2.71. The molecule has 1 saturated carbocycles. The summed E-state index contributed by atoms with van der Waals surface area (Å²) in [6, 6.07) is 0. The van der Waals surface area contributed by atoms with Gasteiger partial charge in [-0.3, -0.25) is 4.79 Å². The van der Waals surface area contributed by atoms with Crippen LogP contribution in [0.4, 0.5) is 4.39 Å². The molecule has 0 amide bonds. The van der Waals surface area contributed by atoms with Gasteiger partial charge in [0.2, 0.25) is 0 Å². The third-order valence-corrected chi connectivity index (χ3v) is 2.01. The van der Waals surface area contributed by atoms with Gasteiger partial charge in [0.05, 0.1) is 0 Å². The SMILES string of the molecule is N[C@]1(C(=O)O)CCC[C@H]1F. The molecule has 3 N–H and O–H groups in total. The Bertz CT molecular complexity index is 162. The van der Waals surface area contributed by atoms with Crippen LogP contribution < -0.4 is 5.73 Å². The van der Waals surface area contributed by atoms with Gasteiger partial charge in [0.25, 0.3) is 0 Å². The topological polar surface area (TPSA) is 63.3 Å². The molecule has 4 heteroatoms. The minimum absolute atomic E-state index is 0.253. The number of halogens is 1. The Morgan fingerprint density at radius 1 is 1.80 bits per heavy atom. The van der Waals surface area contributed by atoms with E-state index in [1.165, 1.54) is 0 Å². The normalized spacial score (nSPS) is 40.0. The minimum atomic E-state index is -1.60. The summed E-state index contributed by atoms with van der Waals surface area (Å²) in [6.45, 7) is 0. The average molecular weight is 147 g/mol. The molecule has 0 spiro atoms. The molecule has 3 nitrogen and oxygen atoms in total. The zero-order valence-corrected chi connectivity index (χ0v) is 5.51. The number of aliphatic carboxylic acids is 1. The van der Waals surface area contributed by atoms with Crippen molar-refractivity contribution < 1.29 is 14.3 Å². The predicted molar refractivity (Wildman–Crippen MR) is 33.3 cm³/mol. The van der Waals surface area contributed by atoms with Crippen LogP contribution in [0.1, 0.15) is 19.3 Å². The van der Waals surface area contributed by atoms with Crippen molar-refractivity contribution in [1.29, 1.82) is 0 Å². The fourth-order valence-electron chi connectivity index (χ4n) is 1.23. The predicted octanol–water partition coefficient (Wildman–Crippen LogP) is 0.290. The van der Waals surface area contributed by atoms with Crippen LogP contribution in [-0.4, -0.2) is 22.8 Å². The van der Waals surface area contributed by atoms with Gasteiger partial charge in [-0.15, -0.1) is 0 Å². The summed E-state index contributed by atoms with van der Waals surface area (Å²) in [5, 5.41) is 8.48. The number of hydrogen-bond acceptors (Lipinski definition) is 2. The Hall–Kier alpha value is -0.640. The number of alkyl halides is 1. The second kappa shape index (κ2) is 2.20. The van der Waals surface area contributed by atoms with Crippen molar-refractivity contribution in [2.45, 2.75) is 31.0 Å². The van der Waals surface area contributed by atoms with E-state index in [9.17, 15) is 9.18 Å². The van der Waals surface area contributed by atoms with Crippen molar-refractivity contribution in [1.82, 2.24) is 0 Å². The number of nitrogens with two attached hydrogens (primary N) is 1. The molecule has 0 radical (unpaired) electrons. The summed E-state index contributed by atoms with van der Waals surface area (Å²) >= 11 is 0. The van der Waals surface area contributed by atoms with E-state index in [0.717, 1.165) is 0 Å². The molecule has 2 atom stereocenters. The maximum absolute atomic E-state index is 12.7. The minimum Gasteiger partial charge on any atom is -0.480 e. The lowest BCUT2D eigenvalue weighted by atomic mass is 9.98. The fourth-order valence-corrected chi connectivity index (χ4v) is 1.23. The summed E-state index contributed by atoms with van der Waals surface area (Å²) < 4.78 is 12.7. The quantitative estimate of drug-likeness (QED) is 0.560. The van der Waals surface area contributed by atoms with Crippen LogP contribution in [0.15, 0.2) is 0 Å². The fraction of sp³-hybridized carbons (Fsp3) is 0.833. The first-order chi connectivity index (χ1) is 4.57. The standard InChI is InChI=1S/C6H10FNO2/c7-4-2-1-3-6(4,8)5(9)10/h4H,1-3,8H2,(H,9,10)/t4-,6-/m1/s1. The van der Waals surface area contributed by atoms with Crippen molar-refractivity contribution in [2.75, 3.05) is 0 Å². The Labute approximate surface area is 58.0 Å². The van der Waals surface area contributed by atoms with Crippen LogP contribution in [0.5, 0.6) is 0 Å². The number of carboxylic acids is 1. The summed E-state index contributed by atoms with van der Waals surface area (Å²) in [5.41, 5.74) is 3.67. The first-order valence-electron chi connectivity index (χ1n) is 3.24. The molecule has 0 aliphatic heterocycles. The van der Waals surface area contributed by atoms with Crippen LogP contribution in [0.3, 0.4) is 0 Å². The Morgan fingerprint density at radius 3 is 2.60 bits per heavy atom. The van der Waals surface area contributed by atoms with Gasteiger partial charge in [0.1, 0.15) is 11.7 Å². The van der Waals surface area contributed by atoms with Gasteiger partial charge in [-0.05, 0) is 19.3 Å². The number of carboxylic acid groups (broad SMARTS) is 1. The molecule has 1 rings (SSSR count). The zero-order valence-electron chi connectivity index (χ0n) is 5.51. The van der Waals surface area contributed by atoms with Crippen molar-refractivity contribution in [3.8, 4) is 0 Å². The highest BCUT2D eigenvalue weighted by Crippen LogP contribution is 2.30. The molecule has 58 valence electrons. The van der Waals surface area contributed by atoms with E-state index in [1.54, 1.807) is 0 Å². The molecule has 0 bridgehead atoms. The molecular weight excluding hydrogens is 137 g/mol. The maximum Gasteiger partial charge on any atom is 0.326 e. The van der Waals surface area contributed by atoms with Crippen LogP contribution in [0, 0.1) is 0 Å². The van der Waals surface area contributed by atoms with Crippen LogP contribution in [-0.2, 0) is 4.79 Å². The van der Waals surface area contributed by atoms with Crippen LogP contribution in [0.2, 0.25) is 0 Å². The lowest BCUT2D eigenvalue weighted by molar-refractivity contribution is -0.145. The van der Waals surface area contributed by atoms with Gasteiger partial charge < -0.3 is 10.8 Å². The highest BCUT2D eigenvalue weighted by Gasteiger charge is 2.46. The Kier molecular flexibility index (Phi) is 1.64. The van der Waals surface area contributed by atoms with Crippen LogP contribution >= 0.6 is 0 Å². The van der Waals surface area contributed by atoms with E-state index < -0.39 is 17.7 Å². The maximum atomic E-state index is 12.7. The van der Waals surface area contributed by atoms with Gasteiger partial charge in [0, 0.05) is 0 Å². The van der Waals surface area contributed by atoms with Crippen molar-refractivity contribution >= 4 is 5.97 Å². The molecule has 0 heterocycles. The monoisotopic (exact) mass is 147 g/mol. The lowest BCUT2D eigenvalue weighted by Crippen LogP contribution is -2.52. The summed E-state index contributed by atoms with van der Waals surface area (Å²) in [7, 11) is 0. The van der Waals surface area contributed by atoms with E-state index >= 15 is 0 Å². The Balaban J connectivity index is 2.75. The van der Waals surface area contributed by atoms with Gasteiger partial charge in [-0.25, -0.2) is 4.39 Å².